The van der Waals surface area contributed by atoms with E-state index < -0.39 is 29.2 Å². The quantitative estimate of drug-likeness (QED) is 0.442. The molecule has 2 N–H and O–H groups in total. The van der Waals surface area contributed by atoms with Crippen LogP contribution in [0, 0.1) is 11.2 Å². The highest BCUT2D eigenvalue weighted by molar-refractivity contribution is 7.11. The lowest BCUT2D eigenvalue weighted by Crippen LogP contribution is -2.53. The van der Waals surface area contributed by atoms with Gasteiger partial charge in [-0.1, -0.05) is 17.7 Å². The highest BCUT2D eigenvalue weighted by Crippen LogP contribution is 2.47. The average Bonchev–Trinajstić information content (AvgIpc) is 3.40. The number of aliphatic carboxylic acids is 1. The van der Waals surface area contributed by atoms with Gasteiger partial charge in [-0.2, -0.15) is 0 Å². The lowest BCUT2D eigenvalue weighted by Gasteiger charge is -2.38. The monoisotopic (exact) mass is 602 g/mol. The van der Waals surface area contributed by atoms with Gasteiger partial charge in [-0.15, -0.1) is 11.3 Å². The van der Waals surface area contributed by atoms with Gasteiger partial charge in [0.1, 0.15) is 11.9 Å². The summed E-state index contributed by atoms with van der Waals surface area (Å²) in [6, 6.07) is 2.87. The van der Waals surface area contributed by atoms with Gasteiger partial charge in [0.15, 0.2) is 10.8 Å². The second-order valence-electron chi connectivity index (χ2n) is 10.7. The van der Waals surface area contributed by atoms with Crippen LogP contribution in [0.1, 0.15) is 29.5 Å². The second kappa shape index (κ2) is 10.7. The first-order valence-electron chi connectivity index (χ1n) is 13.2. The Morgan fingerprint density at radius 3 is 2.76 bits per heavy atom. The van der Waals surface area contributed by atoms with E-state index in [9.17, 15) is 23.9 Å². The summed E-state index contributed by atoms with van der Waals surface area (Å²) in [6.45, 7) is 2.55. The smallest absolute Gasteiger partial charge is 0.338 e. The van der Waals surface area contributed by atoms with Crippen LogP contribution in [0.4, 0.5) is 9.18 Å². The third-order valence-corrected chi connectivity index (χ3v) is 9.23. The number of piperazine rings is 1. The van der Waals surface area contributed by atoms with Gasteiger partial charge >= 0.3 is 18.0 Å². The van der Waals surface area contributed by atoms with E-state index in [1.165, 1.54) is 36.6 Å². The summed E-state index contributed by atoms with van der Waals surface area (Å²) in [5.74, 6) is -1.49. The first-order chi connectivity index (χ1) is 19.7. The van der Waals surface area contributed by atoms with Gasteiger partial charge in [0, 0.05) is 67.1 Å². The Morgan fingerprint density at radius 1 is 1.29 bits per heavy atom. The molecule has 1 saturated carbocycles. The van der Waals surface area contributed by atoms with Crippen molar-refractivity contribution in [3.05, 3.63) is 62.5 Å². The van der Waals surface area contributed by atoms with Gasteiger partial charge in [-0.25, -0.2) is 19.0 Å². The predicted octanol–water partition coefficient (Wildman–Crippen LogP) is 2.74. The van der Waals surface area contributed by atoms with Crippen molar-refractivity contribution in [3.63, 3.8) is 0 Å². The lowest BCUT2D eigenvalue weighted by molar-refractivity contribution is -0.143. The molecule has 4 heterocycles. The molecule has 0 bridgehead atoms. The molecule has 2 aromatic rings. The number of carbonyl (C=O) groups excluding carboxylic acids is 2. The van der Waals surface area contributed by atoms with Crippen molar-refractivity contribution < 1.29 is 28.6 Å². The molecule has 1 aromatic heterocycles. The summed E-state index contributed by atoms with van der Waals surface area (Å²) in [4.78, 5) is 52.7. The number of urea groups is 1. The molecular formula is C27H28ClFN6O5S. The number of rotatable bonds is 8. The SMILES string of the molecule is COC(=O)C1=C(CN2CCN3C(=O)N(CC4(C(=O)O)CC4)C[C@@H]3C2)NC(c2nccs2)=N[C@H]1c1ccc(F)cc1Cl. The van der Waals surface area contributed by atoms with Crippen molar-refractivity contribution in [1.82, 2.24) is 25.0 Å². The number of hydrogen-bond acceptors (Lipinski definition) is 9. The minimum absolute atomic E-state index is 0.110. The molecule has 41 heavy (non-hydrogen) atoms. The molecule has 1 aliphatic carbocycles. The van der Waals surface area contributed by atoms with Crippen LogP contribution >= 0.6 is 22.9 Å². The Balaban J connectivity index is 1.28. The van der Waals surface area contributed by atoms with Crippen LogP contribution in [-0.2, 0) is 14.3 Å². The number of amides is 2. The summed E-state index contributed by atoms with van der Waals surface area (Å²) < 4.78 is 19.1. The van der Waals surface area contributed by atoms with E-state index in [2.05, 4.69) is 15.2 Å². The topological polar surface area (TPSA) is 128 Å². The molecule has 2 atom stereocenters. The van der Waals surface area contributed by atoms with E-state index in [4.69, 9.17) is 21.3 Å². The van der Waals surface area contributed by atoms with E-state index in [-0.39, 0.29) is 29.2 Å². The molecule has 3 aliphatic heterocycles. The van der Waals surface area contributed by atoms with Gasteiger partial charge in [-0.3, -0.25) is 14.7 Å². The summed E-state index contributed by atoms with van der Waals surface area (Å²) in [7, 11) is 1.29. The normalized spacial score (nSPS) is 23.7. The number of benzene rings is 1. The molecule has 216 valence electrons. The maximum absolute atomic E-state index is 13.9. The van der Waals surface area contributed by atoms with Crippen molar-refractivity contribution in [1.29, 1.82) is 0 Å². The molecule has 1 aromatic carbocycles. The van der Waals surface area contributed by atoms with Crippen LogP contribution in [-0.4, -0.2) is 101 Å². The Morgan fingerprint density at radius 2 is 2.10 bits per heavy atom. The number of carboxylic acids is 1. The molecule has 2 amide bonds. The number of aliphatic imine (C=N–C) groups is 1. The Bertz CT molecular complexity index is 1460. The van der Waals surface area contributed by atoms with Crippen LogP contribution < -0.4 is 5.32 Å². The van der Waals surface area contributed by atoms with Gasteiger partial charge in [-0.05, 0) is 25.0 Å². The van der Waals surface area contributed by atoms with Crippen LogP contribution in [0.25, 0.3) is 0 Å². The fraction of sp³-hybridized carbons (Fsp3) is 0.444. The minimum atomic E-state index is -0.860. The van der Waals surface area contributed by atoms with E-state index in [0.29, 0.717) is 67.7 Å². The first-order valence-corrected chi connectivity index (χ1v) is 14.5. The van der Waals surface area contributed by atoms with Crippen LogP contribution in [0.2, 0.25) is 5.02 Å². The fourth-order valence-corrected chi connectivity index (χ4v) is 6.62. The number of carboxylic acid groups (broad SMARTS) is 1. The summed E-state index contributed by atoms with van der Waals surface area (Å²) >= 11 is 7.82. The number of amidine groups is 1. The number of hydrogen-bond donors (Lipinski definition) is 2. The van der Waals surface area contributed by atoms with Crippen LogP contribution in [0.3, 0.4) is 0 Å². The van der Waals surface area contributed by atoms with Gasteiger partial charge in [0.05, 0.1) is 24.1 Å². The first kappa shape index (κ1) is 27.6. The summed E-state index contributed by atoms with van der Waals surface area (Å²) in [6.07, 6.45) is 2.82. The highest BCUT2D eigenvalue weighted by atomic mass is 35.5. The zero-order valence-corrected chi connectivity index (χ0v) is 23.8. The summed E-state index contributed by atoms with van der Waals surface area (Å²) in [5, 5.41) is 15.5. The number of carbonyl (C=O) groups is 3. The molecule has 0 radical (unpaired) electrons. The predicted molar refractivity (Wildman–Crippen MR) is 148 cm³/mol. The molecule has 0 unspecified atom stereocenters. The number of ether oxygens (including phenoxy) is 1. The highest BCUT2D eigenvalue weighted by Gasteiger charge is 2.54. The largest absolute Gasteiger partial charge is 0.481 e. The third-order valence-electron chi connectivity index (χ3n) is 8.12. The lowest BCUT2D eigenvalue weighted by atomic mass is 9.95. The van der Waals surface area contributed by atoms with Crippen molar-refractivity contribution in [3.8, 4) is 0 Å². The molecule has 0 spiro atoms. The van der Waals surface area contributed by atoms with Gasteiger partial charge in [0.2, 0.25) is 0 Å². The van der Waals surface area contributed by atoms with Gasteiger partial charge < -0.3 is 25.0 Å². The molecule has 6 rings (SSSR count). The fourth-order valence-electron chi connectivity index (χ4n) is 5.77. The summed E-state index contributed by atoms with van der Waals surface area (Å²) in [5.41, 5.74) is 0.444. The zero-order valence-electron chi connectivity index (χ0n) is 22.2. The molecular weight excluding hydrogens is 575 g/mol. The number of halogens is 2. The maximum atomic E-state index is 13.9. The number of nitrogens with zero attached hydrogens (tertiary/aromatic N) is 5. The number of esters is 1. The van der Waals surface area contributed by atoms with Crippen LogP contribution in [0.15, 0.2) is 46.0 Å². The molecule has 3 fully saturated rings. The van der Waals surface area contributed by atoms with E-state index >= 15 is 0 Å². The van der Waals surface area contributed by atoms with Crippen LogP contribution in [0.5, 0.6) is 0 Å². The Labute approximate surface area is 244 Å². The third kappa shape index (κ3) is 5.17. The molecule has 11 nitrogen and oxygen atoms in total. The van der Waals surface area contributed by atoms with Crippen molar-refractivity contribution in [2.45, 2.75) is 24.9 Å². The van der Waals surface area contributed by atoms with Gasteiger partial charge in [0.25, 0.3) is 0 Å². The Kier molecular flexibility index (Phi) is 7.20. The van der Waals surface area contributed by atoms with E-state index in [0.717, 1.165) is 0 Å². The molecule has 4 aliphatic rings. The standard InChI is InChI=1S/C27H28ClFN6O5S/c1-40-24(36)20-19(31-22(23-30-6-9-41-23)32-21(20)17-3-2-15(29)10-18(17)28)13-33-7-8-35-16(11-33)12-34(26(35)39)14-27(4-5-27)25(37)38/h2-3,6,9-10,16,21H,4-5,7-8,11-14H2,1H3,(H,31,32)(H,37,38)/t16-,21-/m0/s1. The van der Waals surface area contributed by atoms with E-state index in [1.807, 2.05) is 10.3 Å². The second-order valence-corrected chi connectivity index (χ2v) is 12.0. The molecule has 14 heteroatoms. The average molecular weight is 603 g/mol. The number of fused-ring (bicyclic) bond motifs is 1. The maximum Gasteiger partial charge on any atom is 0.338 e. The number of methoxy groups -OCH3 is 1. The molecule has 2 saturated heterocycles. The van der Waals surface area contributed by atoms with E-state index in [1.54, 1.807) is 11.1 Å². The minimum Gasteiger partial charge on any atom is -0.481 e. The van der Waals surface area contributed by atoms with Crippen molar-refractivity contribution >= 4 is 46.7 Å². The number of thiazole rings is 1. The van der Waals surface area contributed by atoms with Crippen molar-refractivity contribution in [2.24, 2.45) is 10.4 Å². The zero-order chi connectivity index (χ0) is 28.9. The van der Waals surface area contributed by atoms with Crippen molar-refractivity contribution in [2.75, 3.05) is 46.4 Å². The number of nitrogens with one attached hydrogen (secondary N) is 1. The Hall–Kier alpha value is -3.55. The number of aromatic nitrogens is 1.